The fourth-order valence-electron chi connectivity index (χ4n) is 0. The van der Waals surface area contributed by atoms with Crippen molar-refractivity contribution in [1.82, 2.24) is 0 Å². The standard InChI is InChI=1S/Al.La.O.Y/q2*+3;-2;+3. The predicted molar refractivity (Wildman–Crippen MR) is 6.44 cm³/mol. The summed E-state index contributed by atoms with van der Waals surface area (Å²) in [4.78, 5) is 0. The largest absolute Gasteiger partial charge is 3.00 e. The van der Waals surface area contributed by atoms with E-state index >= 15 is 0 Å². The molecule has 0 saturated carbocycles. The van der Waals surface area contributed by atoms with Crippen molar-refractivity contribution in [2.45, 2.75) is 0 Å². The van der Waals surface area contributed by atoms with Crippen molar-refractivity contribution in [1.29, 1.82) is 0 Å². The summed E-state index contributed by atoms with van der Waals surface area (Å²) in [5.41, 5.74) is 0. The van der Waals surface area contributed by atoms with Gasteiger partial charge in [-0.15, -0.1) is 0 Å². The molecular formula is AlLaOY+7. The van der Waals surface area contributed by atoms with E-state index in [4.69, 9.17) is 0 Å². The van der Waals surface area contributed by atoms with Crippen LogP contribution in [0, 0.1) is 35.6 Å². The van der Waals surface area contributed by atoms with Crippen LogP contribution in [0.3, 0.4) is 0 Å². The quantitative estimate of drug-likeness (QED) is 0.531. The van der Waals surface area contributed by atoms with Crippen LogP contribution in [-0.4, -0.2) is 17.4 Å². The monoisotopic (exact) mass is 271 g/mol. The molecule has 0 spiro atoms. The summed E-state index contributed by atoms with van der Waals surface area (Å²) in [6.07, 6.45) is 0. The average molecular weight is 271 g/mol. The Kier molecular flexibility index (Phi) is 125. The van der Waals surface area contributed by atoms with Crippen molar-refractivity contribution >= 4 is 17.4 Å². The first kappa shape index (κ1) is 29.2. The van der Waals surface area contributed by atoms with Crippen LogP contribution in [0.5, 0.6) is 0 Å². The first-order valence-corrected chi connectivity index (χ1v) is 0. The van der Waals surface area contributed by atoms with Gasteiger partial charge in [0.1, 0.15) is 0 Å². The number of rotatable bonds is 0. The third kappa shape index (κ3) is 8.84. The van der Waals surface area contributed by atoms with Crippen molar-refractivity contribution in [2.24, 2.45) is 0 Å². The van der Waals surface area contributed by atoms with Crippen molar-refractivity contribution < 1.29 is 73.8 Å². The Morgan fingerprint density at radius 2 is 1.00 bits per heavy atom. The Labute approximate surface area is 89.2 Å². The van der Waals surface area contributed by atoms with Crippen LogP contribution in [0.4, 0.5) is 0 Å². The Balaban J connectivity index is 0. The zero-order chi connectivity index (χ0) is 0. The molecule has 1 nitrogen and oxygen atoms in total. The van der Waals surface area contributed by atoms with Gasteiger partial charge in [0, 0.05) is 0 Å². The summed E-state index contributed by atoms with van der Waals surface area (Å²) in [7, 11) is 0. The third-order valence-electron chi connectivity index (χ3n) is 0. The van der Waals surface area contributed by atoms with Gasteiger partial charge in [-0.25, -0.2) is 0 Å². The number of hydrogen-bond acceptors (Lipinski definition) is 0. The summed E-state index contributed by atoms with van der Waals surface area (Å²) in [6, 6.07) is 0. The maximum Gasteiger partial charge on any atom is 3.00 e. The average Bonchev–Trinajstić information content (AvgIpc) is 0. The topological polar surface area (TPSA) is 28.5 Å². The minimum absolute atomic E-state index is 0. The molecule has 0 fully saturated rings. The van der Waals surface area contributed by atoms with Crippen molar-refractivity contribution in [2.75, 3.05) is 0 Å². The smallest absolute Gasteiger partial charge is 2.00 e. The molecule has 0 N–H and O–H groups in total. The Hall–Kier alpha value is 2.79. The van der Waals surface area contributed by atoms with E-state index in [1.165, 1.54) is 0 Å². The first-order chi connectivity index (χ1) is 0. The zero-order valence-corrected chi connectivity index (χ0v) is 9.76. The van der Waals surface area contributed by atoms with Crippen molar-refractivity contribution in [3.05, 3.63) is 0 Å². The Bertz CT molecular complexity index is 8.00. The molecule has 0 unspecified atom stereocenters. The van der Waals surface area contributed by atoms with Crippen LogP contribution in [0.2, 0.25) is 0 Å². The van der Waals surface area contributed by atoms with Gasteiger partial charge in [-0.1, -0.05) is 0 Å². The first-order valence-electron chi connectivity index (χ1n) is 0. The zero-order valence-electron chi connectivity index (χ0n) is 2.14. The molecule has 4 heteroatoms. The molecule has 0 rings (SSSR count). The van der Waals surface area contributed by atoms with Crippen LogP contribution < -0.4 is 0 Å². The molecule has 0 aliphatic carbocycles. The molecule has 0 aromatic rings. The van der Waals surface area contributed by atoms with Gasteiger partial charge >= 0.3 is 85.7 Å². The third-order valence-corrected chi connectivity index (χ3v) is 0. The van der Waals surface area contributed by atoms with E-state index in [9.17, 15) is 0 Å². The van der Waals surface area contributed by atoms with Gasteiger partial charge in [0.2, 0.25) is 0 Å². The van der Waals surface area contributed by atoms with E-state index in [1.54, 1.807) is 0 Å². The Morgan fingerprint density at radius 3 is 1.00 bits per heavy atom. The molecule has 4 heavy (non-hydrogen) atoms. The van der Waals surface area contributed by atoms with E-state index in [1.807, 2.05) is 0 Å². The summed E-state index contributed by atoms with van der Waals surface area (Å²) >= 11 is 0. The summed E-state index contributed by atoms with van der Waals surface area (Å²) < 4.78 is 0. The van der Waals surface area contributed by atoms with E-state index in [-0.39, 0.29) is 91.1 Å². The normalized spacial score (nSPS) is 0. The van der Waals surface area contributed by atoms with Crippen molar-refractivity contribution in [3.8, 4) is 0 Å². The molecule has 0 atom stereocenters. The molecule has 0 aromatic carbocycles. The second kappa shape index (κ2) is 17.1. The van der Waals surface area contributed by atoms with Crippen molar-refractivity contribution in [3.63, 3.8) is 0 Å². The summed E-state index contributed by atoms with van der Waals surface area (Å²) in [6.45, 7) is 0. The van der Waals surface area contributed by atoms with E-state index in [0.717, 1.165) is 0 Å². The summed E-state index contributed by atoms with van der Waals surface area (Å²) in [5, 5.41) is 0. The van der Waals surface area contributed by atoms with Gasteiger partial charge < -0.3 is 5.48 Å². The molecule has 0 aliphatic rings. The molecule has 0 amide bonds. The van der Waals surface area contributed by atoms with Crippen LogP contribution >= 0.6 is 0 Å². The molecule has 0 heterocycles. The molecular weight excluding hydrogens is 271 g/mol. The van der Waals surface area contributed by atoms with E-state index in [2.05, 4.69) is 0 Å². The second-order valence-electron chi connectivity index (χ2n) is 0. The Morgan fingerprint density at radius 1 is 1.00 bits per heavy atom. The fourth-order valence-corrected chi connectivity index (χ4v) is 0. The molecule has 0 bridgehead atoms. The van der Waals surface area contributed by atoms with Gasteiger partial charge in [-0.2, -0.15) is 0 Å². The molecule has 0 radical (unpaired) electrons. The van der Waals surface area contributed by atoms with Gasteiger partial charge in [-0.3, -0.25) is 0 Å². The van der Waals surface area contributed by atoms with Crippen LogP contribution in [-0.2, 0) is 38.2 Å². The minimum atomic E-state index is 0. The van der Waals surface area contributed by atoms with Gasteiger partial charge in [0.25, 0.3) is 0 Å². The molecule has 0 saturated heterocycles. The predicted octanol–water partition coefficient (Wildman–Crippen LogP) is -0.502. The van der Waals surface area contributed by atoms with Gasteiger partial charge in [-0.05, 0) is 0 Å². The van der Waals surface area contributed by atoms with Gasteiger partial charge in [0.05, 0.1) is 0 Å². The molecule has 0 aliphatic heterocycles. The fraction of sp³-hybridized carbons (Fsp3) is 0. The van der Waals surface area contributed by atoms with Crippen LogP contribution in [0.25, 0.3) is 0 Å². The van der Waals surface area contributed by atoms with E-state index in [0.29, 0.717) is 0 Å². The maximum atomic E-state index is 0. The minimum Gasteiger partial charge on any atom is -2.00 e. The van der Waals surface area contributed by atoms with Crippen LogP contribution in [0.15, 0.2) is 0 Å². The second-order valence-corrected chi connectivity index (χ2v) is 0. The SMILES string of the molecule is [Al+3].[La+3].[O-2].[Y+3]. The van der Waals surface area contributed by atoms with Crippen LogP contribution in [0.1, 0.15) is 0 Å². The van der Waals surface area contributed by atoms with Gasteiger partial charge in [0.15, 0.2) is 0 Å². The number of hydrogen-bond donors (Lipinski definition) is 0. The molecule has 8 valence electrons. The maximum absolute atomic E-state index is 0. The molecule has 0 aromatic heterocycles. The summed E-state index contributed by atoms with van der Waals surface area (Å²) in [5.74, 6) is 0. The van der Waals surface area contributed by atoms with E-state index < -0.39 is 0 Å².